The SMILES string of the molecule is CCCCC/C=C/C=C/CCCCCCCCC(=O)OC(CCC/C=C\CCCCCCCC)CC(=O)NC(CO)C(O)CCCCCCCCCCCCCCCCC. The van der Waals surface area contributed by atoms with E-state index in [-0.39, 0.29) is 24.9 Å². The van der Waals surface area contributed by atoms with E-state index in [0.29, 0.717) is 19.3 Å². The molecule has 0 aliphatic rings. The Labute approximate surface area is 373 Å². The molecule has 6 nitrogen and oxygen atoms in total. The number of esters is 1. The lowest BCUT2D eigenvalue weighted by molar-refractivity contribution is -0.151. The monoisotopic (exact) mass is 844 g/mol. The predicted molar refractivity (Wildman–Crippen MR) is 259 cm³/mol. The third kappa shape index (κ3) is 42.8. The number of hydrogen-bond acceptors (Lipinski definition) is 5. The van der Waals surface area contributed by atoms with E-state index >= 15 is 0 Å². The molecule has 60 heavy (non-hydrogen) atoms. The number of unbranched alkanes of at least 4 members (excludes halogenated alkanes) is 30. The average Bonchev–Trinajstić information content (AvgIpc) is 3.24. The Bertz CT molecular complexity index is 993. The molecule has 0 aromatic heterocycles. The fourth-order valence-electron chi connectivity index (χ4n) is 7.95. The molecule has 0 bridgehead atoms. The molecular weight excluding hydrogens is 743 g/mol. The highest BCUT2D eigenvalue weighted by Crippen LogP contribution is 2.17. The fraction of sp³-hybridized carbons (Fsp3) is 0.852. The van der Waals surface area contributed by atoms with Gasteiger partial charge in [-0.25, -0.2) is 0 Å². The molecule has 0 fully saturated rings. The van der Waals surface area contributed by atoms with Crippen LogP contribution in [-0.2, 0) is 14.3 Å². The summed E-state index contributed by atoms with van der Waals surface area (Å²) in [5, 5.41) is 23.8. The van der Waals surface area contributed by atoms with Crippen molar-refractivity contribution in [1.29, 1.82) is 0 Å². The minimum Gasteiger partial charge on any atom is -0.462 e. The van der Waals surface area contributed by atoms with E-state index in [0.717, 1.165) is 64.2 Å². The second kappa shape index (κ2) is 48.1. The molecule has 0 heterocycles. The Balaban J connectivity index is 4.54. The third-order valence-electron chi connectivity index (χ3n) is 12.0. The minimum atomic E-state index is -0.794. The van der Waals surface area contributed by atoms with Crippen LogP contribution in [-0.4, -0.2) is 46.9 Å². The van der Waals surface area contributed by atoms with Crippen LogP contribution in [0.25, 0.3) is 0 Å². The van der Waals surface area contributed by atoms with E-state index in [1.54, 1.807) is 0 Å². The number of aliphatic hydroxyl groups is 2. The molecule has 3 atom stereocenters. The summed E-state index contributed by atoms with van der Waals surface area (Å²) in [5.74, 6) is -0.509. The van der Waals surface area contributed by atoms with Crippen molar-refractivity contribution in [3.8, 4) is 0 Å². The van der Waals surface area contributed by atoms with Crippen molar-refractivity contribution in [3.05, 3.63) is 36.5 Å². The summed E-state index contributed by atoms with van der Waals surface area (Å²) in [5.41, 5.74) is 0. The highest BCUT2D eigenvalue weighted by atomic mass is 16.5. The average molecular weight is 844 g/mol. The molecule has 0 aromatic rings. The molecule has 0 radical (unpaired) electrons. The first kappa shape index (κ1) is 58.1. The Morgan fingerprint density at radius 3 is 1.35 bits per heavy atom. The summed E-state index contributed by atoms with van der Waals surface area (Å²) < 4.78 is 5.91. The first-order valence-corrected chi connectivity index (χ1v) is 26.2. The molecule has 6 heteroatoms. The summed E-state index contributed by atoms with van der Waals surface area (Å²) >= 11 is 0. The molecule has 0 spiro atoms. The van der Waals surface area contributed by atoms with Gasteiger partial charge < -0.3 is 20.3 Å². The fourth-order valence-corrected chi connectivity index (χ4v) is 7.95. The van der Waals surface area contributed by atoms with Gasteiger partial charge in [-0.2, -0.15) is 0 Å². The Kier molecular flexibility index (Phi) is 46.6. The summed E-state index contributed by atoms with van der Waals surface area (Å²) in [7, 11) is 0. The Morgan fingerprint density at radius 1 is 0.483 bits per heavy atom. The maximum atomic E-state index is 13.2. The lowest BCUT2D eigenvalue weighted by Crippen LogP contribution is -2.46. The van der Waals surface area contributed by atoms with Gasteiger partial charge in [-0.15, -0.1) is 0 Å². The van der Waals surface area contributed by atoms with Crippen molar-refractivity contribution in [2.45, 2.75) is 289 Å². The standard InChI is InChI=1S/C54H101NO5/c1-4-7-10-13-16-19-22-24-26-28-31-34-37-40-43-46-52(57)51(49-56)55-53(58)48-50(45-42-39-36-33-30-21-18-15-12-9-6-3)60-54(59)47-44-41-38-35-32-29-27-25-23-20-17-14-11-8-5-2/h17,20,23,25,33,36,50-52,56-57H,4-16,18-19,21-22,24,26-32,34-35,37-49H2,1-3H3,(H,55,58)/b20-17+,25-23+,36-33-. The van der Waals surface area contributed by atoms with Crippen molar-refractivity contribution in [3.63, 3.8) is 0 Å². The maximum absolute atomic E-state index is 13.2. The molecule has 0 rings (SSSR count). The van der Waals surface area contributed by atoms with Crippen LogP contribution >= 0.6 is 0 Å². The van der Waals surface area contributed by atoms with E-state index < -0.39 is 18.2 Å². The highest BCUT2D eigenvalue weighted by Gasteiger charge is 2.24. The zero-order valence-corrected chi connectivity index (χ0v) is 40.1. The van der Waals surface area contributed by atoms with Gasteiger partial charge in [0.05, 0.1) is 25.2 Å². The third-order valence-corrected chi connectivity index (χ3v) is 12.0. The highest BCUT2D eigenvalue weighted by molar-refractivity contribution is 5.77. The van der Waals surface area contributed by atoms with Crippen molar-refractivity contribution in [1.82, 2.24) is 5.32 Å². The van der Waals surface area contributed by atoms with Gasteiger partial charge in [-0.1, -0.05) is 224 Å². The number of nitrogens with one attached hydrogen (secondary N) is 1. The second-order valence-corrected chi connectivity index (χ2v) is 17.9. The summed E-state index contributed by atoms with van der Waals surface area (Å²) in [4.78, 5) is 26.1. The largest absolute Gasteiger partial charge is 0.462 e. The van der Waals surface area contributed by atoms with Crippen molar-refractivity contribution < 1.29 is 24.5 Å². The number of carbonyl (C=O) groups excluding carboxylic acids is 2. The van der Waals surface area contributed by atoms with Gasteiger partial charge in [0.1, 0.15) is 6.10 Å². The van der Waals surface area contributed by atoms with Crippen LogP contribution in [0, 0.1) is 0 Å². The Morgan fingerprint density at radius 2 is 0.867 bits per heavy atom. The molecule has 0 saturated heterocycles. The van der Waals surface area contributed by atoms with Crippen molar-refractivity contribution in [2.24, 2.45) is 0 Å². The predicted octanol–water partition coefficient (Wildman–Crippen LogP) is 15.7. The van der Waals surface area contributed by atoms with Gasteiger partial charge in [-0.3, -0.25) is 9.59 Å². The first-order chi connectivity index (χ1) is 29.5. The summed E-state index contributed by atoms with van der Waals surface area (Å²) in [6.45, 7) is 6.45. The van der Waals surface area contributed by atoms with Crippen molar-refractivity contribution in [2.75, 3.05) is 6.61 Å². The number of carbonyl (C=O) groups is 2. The number of rotatable bonds is 47. The number of aliphatic hydroxyl groups excluding tert-OH is 2. The molecule has 3 unspecified atom stereocenters. The molecule has 1 amide bonds. The van der Waals surface area contributed by atoms with Crippen LogP contribution in [0.4, 0.5) is 0 Å². The van der Waals surface area contributed by atoms with E-state index in [9.17, 15) is 19.8 Å². The molecule has 0 saturated carbocycles. The van der Waals surface area contributed by atoms with Crippen molar-refractivity contribution >= 4 is 11.9 Å². The lowest BCUT2D eigenvalue weighted by atomic mass is 10.0. The Hall–Kier alpha value is -1.92. The molecule has 0 aliphatic carbocycles. The van der Waals surface area contributed by atoms with Gasteiger partial charge in [0.2, 0.25) is 5.91 Å². The number of allylic oxidation sites excluding steroid dienone is 6. The van der Waals surface area contributed by atoms with Gasteiger partial charge in [-0.05, 0) is 70.6 Å². The lowest BCUT2D eigenvalue weighted by Gasteiger charge is -2.24. The maximum Gasteiger partial charge on any atom is 0.306 e. The van der Waals surface area contributed by atoms with Gasteiger partial charge in [0.15, 0.2) is 0 Å². The van der Waals surface area contributed by atoms with Crippen LogP contribution in [0.3, 0.4) is 0 Å². The van der Waals surface area contributed by atoms with E-state index in [1.165, 1.54) is 161 Å². The van der Waals surface area contributed by atoms with Crippen LogP contribution in [0.1, 0.15) is 271 Å². The normalized spacial score (nSPS) is 13.5. The number of amides is 1. The van der Waals surface area contributed by atoms with Crippen LogP contribution in [0.5, 0.6) is 0 Å². The summed E-state index contributed by atoms with van der Waals surface area (Å²) in [6.07, 6.45) is 56.3. The van der Waals surface area contributed by atoms with E-state index in [1.807, 2.05) is 0 Å². The smallest absolute Gasteiger partial charge is 0.306 e. The van der Waals surface area contributed by atoms with Gasteiger partial charge >= 0.3 is 5.97 Å². The second-order valence-electron chi connectivity index (χ2n) is 17.9. The van der Waals surface area contributed by atoms with Crippen LogP contribution in [0.2, 0.25) is 0 Å². The topological polar surface area (TPSA) is 95.9 Å². The van der Waals surface area contributed by atoms with Gasteiger partial charge in [0.25, 0.3) is 0 Å². The van der Waals surface area contributed by atoms with E-state index in [4.69, 9.17) is 4.74 Å². The minimum absolute atomic E-state index is 0.0541. The molecule has 352 valence electrons. The number of hydrogen-bond donors (Lipinski definition) is 3. The number of ether oxygens (including phenoxy) is 1. The molecule has 0 aromatic carbocycles. The van der Waals surface area contributed by atoms with Crippen LogP contribution < -0.4 is 5.32 Å². The summed E-state index contributed by atoms with van der Waals surface area (Å²) in [6, 6.07) is -0.710. The molecule has 0 aliphatic heterocycles. The molecule has 3 N–H and O–H groups in total. The van der Waals surface area contributed by atoms with Gasteiger partial charge in [0, 0.05) is 6.42 Å². The first-order valence-electron chi connectivity index (χ1n) is 26.2. The zero-order valence-electron chi connectivity index (χ0n) is 40.1. The zero-order chi connectivity index (χ0) is 43.8. The molecular formula is C54H101NO5. The van der Waals surface area contributed by atoms with Crippen LogP contribution in [0.15, 0.2) is 36.5 Å². The quantitative estimate of drug-likeness (QED) is 0.0245. The van der Waals surface area contributed by atoms with E-state index in [2.05, 4.69) is 62.5 Å².